The third-order valence-corrected chi connectivity index (χ3v) is 5.57. The maximum Gasteiger partial charge on any atom is 0.261 e. The third-order valence-electron chi connectivity index (χ3n) is 5.57. The van der Waals surface area contributed by atoms with E-state index in [9.17, 15) is 9.59 Å². The van der Waals surface area contributed by atoms with Crippen LogP contribution in [0.1, 0.15) is 25.0 Å². The number of para-hydroxylation sites is 2. The van der Waals surface area contributed by atoms with Crippen molar-refractivity contribution in [3.8, 4) is 11.5 Å². The molecule has 0 radical (unpaired) electrons. The molecule has 0 saturated heterocycles. The molecule has 2 amide bonds. The molecule has 1 N–H and O–H groups in total. The zero-order valence-corrected chi connectivity index (χ0v) is 20.6. The summed E-state index contributed by atoms with van der Waals surface area (Å²) in [6, 6.07) is 25.9. The van der Waals surface area contributed by atoms with Crippen LogP contribution in [0.15, 0.2) is 84.9 Å². The van der Waals surface area contributed by atoms with Gasteiger partial charge >= 0.3 is 0 Å². The Labute approximate surface area is 207 Å². The van der Waals surface area contributed by atoms with E-state index in [-0.39, 0.29) is 18.4 Å². The lowest BCUT2D eigenvalue weighted by atomic mass is 10.0. The van der Waals surface area contributed by atoms with Crippen LogP contribution in [0.4, 0.5) is 0 Å². The van der Waals surface area contributed by atoms with E-state index >= 15 is 0 Å². The lowest BCUT2D eigenvalue weighted by Gasteiger charge is -2.31. The van der Waals surface area contributed by atoms with E-state index in [2.05, 4.69) is 5.32 Å². The van der Waals surface area contributed by atoms with Gasteiger partial charge in [-0.05, 0) is 29.2 Å². The normalized spacial score (nSPS) is 11.5. The second kappa shape index (κ2) is 13.2. The topological polar surface area (TPSA) is 67.9 Å². The first-order chi connectivity index (χ1) is 17.0. The number of nitrogens with zero attached hydrogens (tertiary/aromatic N) is 1. The van der Waals surface area contributed by atoms with Crippen molar-refractivity contribution in [3.05, 3.63) is 96.1 Å². The first kappa shape index (κ1) is 25.8. The van der Waals surface area contributed by atoms with Crippen LogP contribution in [-0.2, 0) is 22.6 Å². The van der Waals surface area contributed by atoms with Crippen LogP contribution in [0.3, 0.4) is 0 Å². The molecule has 6 heteroatoms. The molecule has 0 aliphatic carbocycles. The van der Waals surface area contributed by atoms with Gasteiger partial charge in [0.2, 0.25) is 5.91 Å². The number of benzene rings is 3. The molecule has 0 bridgehead atoms. The first-order valence-corrected chi connectivity index (χ1v) is 11.9. The molecule has 3 rings (SSSR count). The van der Waals surface area contributed by atoms with Gasteiger partial charge in [0.05, 0.1) is 7.11 Å². The van der Waals surface area contributed by atoms with Crippen molar-refractivity contribution >= 4 is 11.8 Å². The molecule has 0 fully saturated rings. The van der Waals surface area contributed by atoms with Crippen molar-refractivity contribution in [2.24, 2.45) is 5.92 Å². The zero-order valence-electron chi connectivity index (χ0n) is 20.6. The molecule has 0 heterocycles. The molecule has 0 saturated carbocycles. The Morgan fingerprint density at radius 3 is 2.00 bits per heavy atom. The Bertz CT molecular complexity index is 1070. The third kappa shape index (κ3) is 7.88. The van der Waals surface area contributed by atoms with Crippen molar-refractivity contribution in [1.82, 2.24) is 10.2 Å². The maximum absolute atomic E-state index is 13.6. The number of carbonyl (C=O) groups excluding carboxylic acids is 2. The van der Waals surface area contributed by atoms with E-state index in [1.807, 2.05) is 86.6 Å². The fourth-order valence-corrected chi connectivity index (χ4v) is 3.72. The number of hydrogen-bond donors (Lipinski definition) is 1. The minimum absolute atomic E-state index is 0.177. The van der Waals surface area contributed by atoms with E-state index < -0.39 is 6.04 Å². The van der Waals surface area contributed by atoms with Crippen molar-refractivity contribution in [3.63, 3.8) is 0 Å². The van der Waals surface area contributed by atoms with Crippen molar-refractivity contribution in [1.29, 1.82) is 0 Å². The predicted molar refractivity (Wildman–Crippen MR) is 137 cm³/mol. The average Bonchev–Trinajstić information content (AvgIpc) is 2.89. The number of ether oxygens (including phenoxy) is 2. The fraction of sp³-hybridized carbons (Fsp3) is 0.310. The average molecular weight is 475 g/mol. The molecular formula is C29H34N2O4. The van der Waals surface area contributed by atoms with E-state index in [1.54, 1.807) is 24.1 Å². The SMILES string of the molecule is COc1ccccc1OCC(=O)N(Cc1ccccc1)[C@@H](Cc1ccccc1)C(=O)NCC(C)C. The zero-order chi connectivity index (χ0) is 25.0. The van der Waals surface area contributed by atoms with Crippen molar-refractivity contribution in [2.75, 3.05) is 20.3 Å². The molecule has 1 atom stereocenters. The molecule has 0 spiro atoms. The summed E-state index contributed by atoms with van der Waals surface area (Å²) in [5.41, 5.74) is 1.92. The Morgan fingerprint density at radius 2 is 1.40 bits per heavy atom. The number of carbonyl (C=O) groups is 2. The van der Waals surface area contributed by atoms with E-state index in [0.717, 1.165) is 11.1 Å². The van der Waals surface area contributed by atoms with Crippen LogP contribution in [-0.4, -0.2) is 43.0 Å². The summed E-state index contributed by atoms with van der Waals surface area (Å²) in [6.07, 6.45) is 0.401. The van der Waals surface area contributed by atoms with Crippen LogP contribution in [0, 0.1) is 5.92 Å². The van der Waals surface area contributed by atoms with Crippen molar-refractivity contribution in [2.45, 2.75) is 32.9 Å². The molecule has 6 nitrogen and oxygen atoms in total. The number of amides is 2. The Kier molecular flexibility index (Phi) is 9.72. The van der Waals surface area contributed by atoms with E-state index in [0.29, 0.717) is 36.9 Å². The van der Waals surface area contributed by atoms with E-state index in [4.69, 9.17) is 9.47 Å². The summed E-state index contributed by atoms with van der Waals surface area (Å²) in [6.45, 7) is 4.70. The van der Waals surface area contributed by atoms with Gasteiger partial charge in [0, 0.05) is 19.5 Å². The van der Waals surface area contributed by atoms with Gasteiger partial charge in [-0.2, -0.15) is 0 Å². The lowest BCUT2D eigenvalue weighted by molar-refractivity contribution is -0.142. The number of nitrogens with one attached hydrogen (secondary N) is 1. The highest BCUT2D eigenvalue weighted by Gasteiger charge is 2.30. The quantitative estimate of drug-likeness (QED) is 0.420. The standard InChI is InChI=1S/C29H34N2O4/c1-22(2)19-30-29(33)25(18-23-12-6-4-7-13-23)31(20-24-14-8-5-9-15-24)28(32)21-35-27-17-11-10-16-26(27)34-3/h4-17,22,25H,18-21H2,1-3H3,(H,30,33)/t25-/m0/s1. The maximum atomic E-state index is 13.6. The van der Waals surface area contributed by atoms with Gasteiger partial charge in [-0.3, -0.25) is 9.59 Å². The number of methoxy groups -OCH3 is 1. The lowest BCUT2D eigenvalue weighted by Crippen LogP contribution is -2.52. The smallest absolute Gasteiger partial charge is 0.261 e. The Morgan fingerprint density at radius 1 is 0.829 bits per heavy atom. The van der Waals surface area contributed by atoms with Gasteiger partial charge in [0.1, 0.15) is 6.04 Å². The van der Waals surface area contributed by atoms with E-state index in [1.165, 1.54) is 0 Å². The van der Waals surface area contributed by atoms with Gasteiger partial charge in [-0.1, -0.05) is 86.6 Å². The van der Waals surface area contributed by atoms with Gasteiger partial charge < -0.3 is 19.7 Å². The highest BCUT2D eigenvalue weighted by Crippen LogP contribution is 2.26. The van der Waals surface area contributed by atoms with Gasteiger partial charge in [0.25, 0.3) is 5.91 Å². The van der Waals surface area contributed by atoms with Gasteiger partial charge in [-0.25, -0.2) is 0 Å². The van der Waals surface area contributed by atoms with Crippen LogP contribution < -0.4 is 14.8 Å². The summed E-state index contributed by atoms with van der Waals surface area (Å²) in [5, 5.41) is 3.02. The molecule has 0 aromatic heterocycles. The molecule has 35 heavy (non-hydrogen) atoms. The second-order valence-corrected chi connectivity index (χ2v) is 8.79. The minimum Gasteiger partial charge on any atom is -0.493 e. The summed E-state index contributed by atoms with van der Waals surface area (Å²) >= 11 is 0. The summed E-state index contributed by atoms with van der Waals surface area (Å²) in [7, 11) is 1.56. The Hall–Kier alpha value is -3.80. The summed E-state index contributed by atoms with van der Waals surface area (Å²) in [5.74, 6) is 0.866. The first-order valence-electron chi connectivity index (χ1n) is 11.9. The van der Waals surface area contributed by atoms with Crippen molar-refractivity contribution < 1.29 is 19.1 Å². The molecule has 3 aromatic rings. The molecule has 184 valence electrons. The molecule has 0 aliphatic heterocycles. The molecule has 3 aromatic carbocycles. The highest BCUT2D eigenvalue weighted by atomic mass is 16.5. The summed E-state index contributed by atoms with van der Waals surface area (Å²) < 4.78 is 11.2. The Balaban J connectivity index is 1.88. The number of hydrogen-bond acceptors (Lipinski definition) is 4. The monoisotopic (exact) mass is 474 g/mol. The van der Waals surface area contributed by atoms with Crippen LogP contribution in [0.2, 0.25) is 0 Å². The van der Waals surface area contributed by atoms with Crippen LogP contribution in [0.25, 0.3) is 0 Å². The van der Waals surface area contributed by atoms with Crippen LogP contribution in [0.5, 0.6) is 11.5 Å². The second-order valence-electron chi connectivity index (χ2n) is 8.79. The molecule has 0 aliphatic rings. The molecule has 0 unspecified atom stereocenters. The number of rotatable bonds is 12. The van der Waals surface area contributed by atoms with Crippen LogP contribution >= 0.6 is 0 Å². The molecular weight excluding hydrogens is 440 g/mol. The fourth-order valence-electron chi connectivity index (χ4n) is 3.72. The van der Waals surface area contributed by atoms with Gasteiger partial charge in [-0.15, -0.1) is 0 Å². The summed E-state index contributed by atoms with van der Waals surface area (Å²) in [4.78, 5) is 28.6. The van der Waals surface area contributed by atoms with Gasteiger partial charge in [0.15, 0.2) is 18.1 Å². The minimum atomic E-state index is -0.690. The largest absolute Gasteiger partial charge is 0.493 e. The predicted octanol–water partition coefficient (Wildman–Crippen LogP) is 4.49. The highest BCUT2D eigenvalue weighted by molar-refractivity contribution is 5.88.